The zero-order valence-corrected chi connectivity index (χ0v) is 51.4. The van der Waals surface area contributed by atoms with Crippen molar-refractivity contribution in [3.63, 3.8) is 0 Å². The molecule has 0 amide bonds. The second kappa shape index (κ2) is 22.8. The SMILES string of the molecule is c1ccc(-c2c(-c3ccccc3)n(-c3ccccc3)c3cc(N(c4ccc5ccccc5c4)c4cc5c6ccccc6c(N(c6ccc7c(-c8ccccc8)c(-c8ccccc8)n(-c8ccccc8)c7c6)c6cccc7ccccc67)cc5c5ccccc45)ccc23)cc1. The van der Waals surface area contributed by atoms with E-state index in [1.807, 2.05) is 0 Å². The van der Waals surface area contributed by atoms with Gasteiger partial charge in [-0.25, -0.2) is 0 Å². The van der Waals surface area contributed by atoms with Gasteiger partial charge in [0.05, 0.1) is 39.5 Å². The van der Waals surface area contributed by atoms with E-state index >= 15 is 0 Å². The topological polar surface area (TPSA) is 16.3 Å². The minimum absolute atomic E-state index is 1.05. The van der Waals surface area contributed by atoms with Crippen LogP contribution in [0, 0.1) is 0 Å². The summed E-state index contributed by atoms with van der Waals surface area (Å²) in [6.07, 6.45) is 0. The molecule has 4 heteroatoms. The Balaban J connectivity index is 0.913. The molecule has 0 fully saturated rings. The highest BCUT2D eigenvalue weighted by Gasteiger charge is 2.28. The molecule has 16 aromatic carbocycles. The molecule has 0 saturated carbocycles. The van der Waals surface area contributed by atoms with Crippen LogP contribution in [0.15, 0.2) is 364 Å². The van der Waals surface area contributed by atoms with Crippen molar-refractivity contribution in [3.05, 3.63) is 364 Å². The summed E-state index contributed by atoms with van der Waals surface area (Å²) in [7, 11) is 0. The molecule has 2 aromatic heterocycles. The highest BCUT2D eigenvalue weighted by atomic mass is 15.2. The van der Waals surface area contributed by atoms with E-state index in [0.29, 0.717) is 0 Å². The number of nitrogens with zero attached hydrogens (tertiary/aromatic N) is 4. The van der Waals surface area contributed by atoms with Gasteiger partial charge in [0.2, 0.25) is 0 Å². The van der Waals surface area contributed by atoms with Crippen LogP contribution in [-0.2, 0) is 0 Å². The molecule has 0 atom stereocenters. The molecular formula is C90H60N4. The Morgan fingerprint density at radius 1 is 0.191 bits per heavy atom. The van der Waals surface area contributed by atoms with Gasteiger partial charge in [-0.2, -0.15) is 0 Å². The van der Waals surface area contributed by atoms with Crippen molar-refractivity contribution in [2.75, 3.05) is 9.80 Å². The summed E-state index contributed by atoms with van der Waals surface area (Å²) in [6, 6.07) is 134. The van der Waals surface area contributed by atoms with Crippen LogP contribution in [0.4, 0.5) is 34.1 Å². The highest BCUT2D eigenvalue weighted by molar-refractivity contribution is 6.25. The van der Waals surface area contributed by atoms with E-state index < -0.39 is 0 Å². The highest BCUT2D eigenvalue weighted by Crippen LogP contribution is 2.52. The fraction of sp³-hybridized carbons (Fsp3) is 0. The molecular weight excluding hydrogens is 1140 g/mol. The summed E-state index contributed by atoms with van der Waals surface area (Å²) < 4.78 is 4.96. The van der Waals surface area contributed by atoms with Gasteiger partial charge in [-0.1, -0.05) is 285 Å². The van der Waals surface area contributed by atoms with Crippen molar-refractivity contribution in [2.45, 2.75) is 0 Å². The van der Waals surface area contributed by atoms with Crippen LogP contribution in [0.5, 0.6) is 0 Å². The van der Waals surface area contributed by atoms with Gasteiger partial charge in [-0.3, -0.25) is 0 Å². The molecule has 0 aliphatic heterocycles. The maximum atomic E-state index is 2.53. The van der Waals surface area contributed by atoms with Gasteiger partial charge in [-0.15, -0.1) is 0 Å². The molecule has 0 saturated heterocycles. The maximum Gasteiger partial charge on any atom is 0.0619 e. The number of aromatic nitrogens is 2. The van der Waals surface area contributed by atoms with E-state index in [4.69, 9.17) is 0 Å². The Kier molecular flexibility index (Phi) is 13.2. The molecule has 18 rings (SSSR count). The number of fused-ring (bicyclic) bond motifs is 9. The van der Waals surface area contributed by atoms with Gasteiger partial charge < -0.3 is 18.9 Å². The molecule has 94 heavy (non-hydrogen) atoms. The average Bonchev–Trinajstić information content (AvgIpc) is 1.40. The minimum atomic E-state index is 1.05. The molecule has 0 unspecified atom stereocenters. The average molecular weight is 1200 g/mol. The van der Waals surface area contributed by atoms with Crippen LogP contribution >= 0.6 is 0 Å². The molecule has 0 bridgehead atoms. The Bertz CT molecular complexity index is 5890. The number of benzene rings is 16. The maximum absolute atomic E-state index is 2.53. The quantitative estimate of drug-likeness (QED) is 0.113. The third kappa shape index (κ3) is 9.06. The van der Waals surface area contributed by atoms with Crippen molar-refractivity contribution < 1.29 is 0 Å². The zero-order chi connectivity index (χ0) is 62.1. The third-order valence-electron chi connectivity index (χ3n) is 19.0. The lowest BCUT2D eigenvalue weighted by molar-refractivity contribution is 1.13. The van der Waals surface area contributed by atoms with Crippen molar-refractivity contribution in [3.8, 4) is 56.1 Å². The van der Waals surface area contributed by atoms with Crippen LogP contribution in [0.25, 0.3) is 132 Å². The fourth-order valence-corrected chi connectivity index (χ4v) is 14.9. The van der Waals surface area contributed by atoms with Crippen molar-refractivity contribution >= 4 is 110 Å². The lowest BCUT2D eigenvalue weighted by Gasteiger charge is -2.30. The number of hydrogen-bond donors (Lipinski definition) is 0. The molecule has 18 aromatic rings. The molecule has 2 heterocycles. The van der Waals surface area contributed by atoms with Crippen LogP contribution in [0.3, 0.4) is 0 Å². The smallest absolute Gasteiger partial charge is 0.0619 e. The van der Waals surface area contributed by atoms with E-state index in [-0.39, 0.29) is 0 Å². The normalized spacial score (nSPS) is 11.6. The van der Waals surface area contributed by atoms with E-state index in [2.05, 4.69) is 383 Å². The summed E-state index contributed by atoms with van der Waals surface area (Å²) in [5.41, 5.74) is 20.2. The third-order valence-corrected chi connectivity index (χ3v) is 19.0. The van der Waals surface area contributed by atoms with Gasteiger partial charge in [0.25, 0.3) is 0 Å². The largest absolute Gasteiger partial charge is 0.310 e. The molecule has 0 radical (unpaired) electrons. The summed E-state index contributed by atoms with van der Waals surface area (Å²) in [6.45, 7) is 0. The van der Waals surface area contributed by atoms with E-state index in [9.17, 15) is 0 Å². The minimum Gasteiger partial charge on any atom is -0.310 e. The van der Waals surface area contributed by atoms with Crippen LogP contribution in [0.2, 0.25) is 0 Å². The van der Waals surface area contributed by atoms with Gasteiger partial charge in [0.15, 0.2) is 0 Å². The summed E-state index contributed by atoms with van der Waals surface area (Å²) >= 11 is 0. The Hall–Kier alpha value is -12.5. The fourth-order valence-electron chi connectivity index (χ4n) is 14.9. The van der Waals surface area contributed by atoms with Gasteiger partial charge in [0, 0.05) is 66.5 Å². The molecule has 0 aliphatic rings. The van der Waals surface area contributed by atoms with E-state index in [1.54, 1.807) is 0 Å². The predicted molar refractivity (Wildman–Crippen MR) is 399 cm³/mol. The van der Waals surface area contributed by atoms with Crippen LogP contribution in [0.1, 0.15) is 0 Å². The van der Waals surface area contributed by atoms with Crippen LogP contribution in [-0.4, -0.2) is 9.13 Å². The number of hydrogen-bond acceptors (Lipinski definition) is 2. The number of anilines is 6. The predicted octanol–water partition coefficient (Wildman–Crippen LogP) is 24.9. The van der Waals surface area contributed by atoms with Gasteiger partial charge in [-0.05, 0) is 139 Å². The summed E-state index contributed by atoms with van der Waals surface area (Å²) in [5.74, 6) is 0. The first-order valence-electron chi connectivity index (χ1n) is 32.3. The molecule has 0 aliphatic carbocycles. The van der Waals surface area contributed by atoms with E-state index in [0.717, 1.165) is 117 Å². The molecule has 4 nitrogen and oxygen atoms in total. The van der Waals surface area contributed by atoms with Crippen molar-refractivity contribution in [1.29, 1.82) is 0 Å². The van der Waals surface area contributed by atoms with Crippen molar-refractivity contribution in [2.24, 2.45) is 0 Å². The lowest BCUT2D eigenvalue weighted by Crippen LogP contribution is -2.12. The number of rotatable bonds is 12. The summed E-state index contributed by atoms with van der Waals surface area (Å²) in [4.78, 5) is 5.04. The van der Waals surface area contributed by atoms with Crippen LogP contribution < -0.4 is 9.80 Å². The lowest BCUT2D eigenvalue weighted by atomic mass is 9.93. The monoisotopic (exact) mass is 1200 g/mol. The molecule has 440 valence electrons. The first kappa shape index (κ1) is 54.4. The first-order valence-corrected chi connectivity index (χ1v) is 32.3. The second-order valence-corrected chi connectivity index (χ2v) is 24.3. The molecule has 0 N–H and O–H groups in total. The Labute approximate surface area is 545 Å². The zero-order valence-electron chi connectivity index (χ0n) is 51.4. The molecule has 0 spiro atoms. The van der Waals surface area contributed by atoms with Gasteiger partial charge >= 0.3 is 0 Å². The Morgan fingerprint density at radius 2 is 0.553 bits per heavy atom. The summed E-state index contributed by atoms with van der Waals surface area (Å²) in [5, 5.41) is 14.0. The Morgan fingerprint density at radius 3 is 1.05 bits per heavy atom. The second-order valence-electron chi connectivity index (χ2n) is 24.3. The van der Waals surface area contributed by atoms with Crippen molar-refractivity contribution in [1.82, 2.24) is 9.13 Å². The first-order chi connectivity index (χ1) is 46.7. The van der Waals surface area contributed by atoms with E-state index in [1.165, 1.54) is 49.2 Å². The standard InChI is InChI=1S/C90H60N4/c1-7-30-63(31-8-1)87-78-54-52-71(57-83(78)93(68-40-15-5-16-41-68)89(87)65-34-11-3-12-35-65)91(70-51-50-61-28-19-20-38-67(61)56-70)85-59-80-75-46-24-26-48-77(75)86(60-81(80)74-45-23-25-47-76(74)85)92(82-49-27-39-62-29-21-22-44-73(62)82)72-53-55-79-84(58-72)94(69-42-17-6-18-43-69)90(66-36-13-4-14-37-66)88(79)64-32-9-2-10-33-64/h1-60H. The van der Waals surface area contributed by atoms with Gasteiger partial charge in [0.1, 0.15) is 0 Å². The number of para-hydroxylation sites is 2.